The van der Waals surface area contributed by atoms with E-state index in [9.17, 15) is 4.79 Å². The van der Waals surface area contributed by atoms with Crippen molar-refractivity contribution in [1.29, 1.82) is 0 Å². The van der Waals surface area contributed by atoms with Gasteiger partial charge in [0.25, 0.3) is 0 Å². The van der Waals surface area contributed by atoms with Crippen molar-refractivity contribution in [2.45, 2.75) is 19.4 Å². The molecule has 0 saturated heterocycles. The molecule has 0 aliphatic heterocycles. The van der Waals surface area contributed by atoms with E-state index < -0.39 is 5.97 Å². The Morgan fingerprint density at radius 1 is 1.38 bits per heavy atom. The van der Waals surface area contributed by atoms with Crippen molar-refractivity contribution in [3.05, 3.63) is 0 Å². The highest BCUT2D eigenvalue weighted by molar-refractivity contribution is 5.69. The summed E-state index contributed by atoms with van der Waals surface area (Å²) in [6.45, 7) is 4.43. The van der Waals surface area contributed by atoms with E-state index in [1.807, 2.05) is 25.9 Å². The lowest BCUT2D eigenvalue weighted by molar-refractivity contribution is -0.139. The van der Waals surface area contributed by atoms with Crippen LogP contribution >= 0.6 is 0 Å². The van der Waals surface area contributed by atoms with Crippen molar-refractivity contribution in [3.63, 3.8) is 0 Å². The van der Waals surface area contributed by atoms with Gasteiger partial charge in [-0.15, -0.1) is 0 Å². The van der Waals surface area contributed by atoms with E-state index in [4.69, 9.17) is 9.84 Å². The van der Waals surface area contributed by atoms with E-state index in [1.54, 1.807) is 7.11 Å². The van der Waals surface area contributed by atoms with Crippen LogP contribution in [0.2, 0.25) is 0 Å². The van der Waals surface area contributed by atoms with Crippen LogP contribution in [0.15, 0.2) is 0 Å². The summed E-state index contributed by atoms with van der Waals surface area (Å²) in [5.41, 5.74) is 0. The van der Waals surface area contributed by atoms with Crippen LogP contribution in [0.4, 0.5) is 0 Å². The third kappa shape index (κ3) is 7.62. The lowest BCUT2D eigenvalue weighted by atomic mass is 10.2. The van der Waals surface area contributed by atoms with Crippen LogP contribution < -0.4 is 0 Å². The molecule has 0 aromatic rings. The number of hydrogen-bond acceptors (Lipinski definition) is 4. The Morgan fingerprint density at radius 3 is 2.44 bits per heavy atom. The quantitative estimate of drug-likeness (QED) is 0.622. The number of carboxylic acid groups (broad SMARTS) is 1. The monoisotopic (exact) mass is 232 g/mol. The first kappa shape index (κ1) is 15.3. The zero-order valence-electron chi connectivity index (χ0n) is 10.8. The first-order valence-corrected chi connectivity index (χ1v) is 5.57. The number of ether oxygens (including phenoxy) is 1. The Hall–Kier alpha value is -0.650. The molecule has 5 heteroatoms. The van der Waals surface area contributed by atoms with Crippen molar-refractivity contribution >= 4 is 5.97 Å². The molecule has 0 bridgehead atoms. The lowest BCUT2D eigenvalue weighted by Gasteiger charge is -2.28. The van der Waals surface area contributed by atoms with E-state index >= 15 is 0 Å². The number of carboxylic acids is 1. The number of methoxy groups -OCH3 is 1. The molecule has 0 aromatic carbocycles. The molecule has 0 radical (unpaired) electrons. The van der Waals surface area contributed by atoms with Gasteiger partial charge in [-0.3, -0.25) is 9.69 Å². The summed E-state index contributed by atoms with van der Waals surface area (Å²) in [5, 5.41) is 8.84. The fourth-order valence-electron chi connectivity index (χ4n) is 1.43. The van der Waals surface area contributed by atoms with E-state index in [-0.39, 0.29) is 12.6 Å². The highest BCUT2D eigenvalue weighted by atomic mass is 16.5. The van der Waals surface area contributed by atoms with Crippen molar-refractivity contribution in [2.24, 2.45) is 0 Å². The lowest BCUT2D eigenvalue weighted by Crippen LogP contribution is -2.41. The van der Waals surface area contributed by atoms with Gasteiger partial charge in [-0.05, 0) is 27.4 Å². The van der Waals surface area contributed by atoms with Crippen molar-refractivity contribution in [2.75, 3.05) is 47.4 Å². The van der Waals surface area contributed by atoms with Gasteiger partial charge in [-0.1, -0.05) is 0 Å². The normalized spacial score (nSPS) is 13.4. The molecule has 5 nitrogen and oxygen atoms in total. The standard InChI is InChI=1S/C11H24N2O3/c1-10(5-8-16-4)13(9-11(14)15)7-6-12(2)3/h10H,5-9H2,1-4H3,(H,14,15). The van der Waals surface area contributed by atoms with Crippen molar-refractivity contribution in [1.82, 2.24) is 9.80 Å². The summed E-state index contributed by atoms with van der Waals surface area (Å²) in [4.78, 5) is 14.8. The van der Waals surface area contributed by atoms with Crippen LogP contribution in [0, 0.1) is 0 Å². The van der Waals surface area contributed by atoms with Crippen molar-refractivity contribution in [3.8, 4) is 0 Å². The second-order valence-electron chi connectivity index (χ2n) is 4.30. The van der Waals surface area contributed by atoms with Gasteiger partial charge >= 0.3 is 5.97 Å². The maximum atomic E-state index is 10.7. The van der Waals surface area contributed by atoms with Crippen LogP contribution in [-0.4, -0.2) is 74.4 Å². The first-order valence-electron chi connectivity index (χ1n) is 5.57. The van der Waals surface area contributed by atoms with Crippen LogP contribution in [-0.2, 0) is 9.53 Å². The summed E-state index contributed by atoms with van der Waals surface area (Å²) in [5.74, 6) is -0.775. The maximum Gasteiger partial charge on any atom is 0.317 e. The molecular formula is C11H24N2O3. The zero-order valence-corrected chi connectivity index (χ0v) is 10.8. The number of likely N-dealkylation sites (N-methyl/N-ethyl adjacent to an activating group) is 1. The van der Waals surface area contributed by atoms with Crippen molar-refractivity contribution < 1.29 is 14.6 Å². The highest BCUT2D eigenvalue weighted by Crippen LogP contribution is 2.03. The molecule has 1 atom stereocenters. The smallest absolute Gasteiger partial charge is 0.317 e. The summed E-state index contributed by atoms with van der Waals surface area (Å²) in [7, 11) is 5.63. The van der Waals surface area contributed by atoms with Crippen LogP contribution in [0.5, 0.6) is 0 Å². The van der Waals surface area contributed by atoms with E-state index in [0.717, 1.165) is 19.5 Å². The molecule has 0 saturated carbocycles. The summed E-state index contributed by atoms with van der Waals surface area (Å²) < 4.78 is 5.01. The van der Waals surface area contributed by atoms with Crippen LogP contribution in [0.25, 0.3) is 0 Å². The molecule has 0 fully saturated rings. The first-order chi connectivity index (χ1) is 7.47. The Bertz CT molecular complexity index is 198. The number of aliphatic carboxylic acids is 1. The Morgan fingerprint density at radius 2 is 2.00 bits per heavy atom. The van der Waals surface area contributed by atoms with Gasteiger partial charge < -0.3 is 14.7 Å². The number of carbonyl (C=O) groups is 1. The second kappa shape index (κ2) is 8.50. The Balaban J connectivity index is 4.11. The number of nitrogens with zero attached hydrogens (tertiary/aromatic N) is 2. The van der Waals surface area contributed by atoms with Gasteiger partial charge in [0.1, 0.15) is 0 Å². The van der Waals surface area contributed by atoms with Crippen LogP contribution in [0.1, 0.15) is 13.3 Å². The van der Waals surface area contributed by atoms with E-state index in [1.165, 1.54) is 0 Å². The molecule has 0 rings (SSSR count). The SMILES string of the molecule is COCCC(C)N(CCN(C)C)CC(=O)O. The number of hydrogen-bond donors (Lipinski definition) is 1. The molecular weight excluding hydrogens is 208 g/mol. The van der Waals surface area contributed by atoms with Gasteiger partial charge in [-0.2, -0.15) is 0 Å². The Kier molecular flexibility index (Phi) is 8.15. The van der Waals surface area contributed by atoms with Gasteiger partial charge in [0, 0.05) is 32.8 Å². The predicted molar refractivity (Wildman–Crippen MR) is 63.7 cm³/mol. The van der Waals surface area contributed by atoms with E-state index in [2.05, 4.69) is 4.90 Å². The molecule has 0 aliphatic rings. The Labute approximate surface area is 98.0 Å². The molecule has 96 valence electrons. The minimum atomic E-state index is -0.775. The largest absolute Gasteiger partial charge is 0.480 e. The minimum Gasteiger partial charge on any atom is -0.480 e. The van der Waals surface area contributed by atoms with E-state index in [0.29, 0.717) is 6.61 Å². The molecule has 0 aliphatic carbocycles. The molecule has 16 heavy (non-hydrogen) atoms. The summed E-state index contributed by atoms with van der Waals surface area (Å²) in [6, 6.07) is 0.232. The average molecular weight is 232 g/mol. The molecule has 0 spiro atoms. The molecule has 0 amide bonds. The summed E-state index contributed by atoms with van der Waals surface area (Å²) in [6.07, 6.45) is 0.858. The fraction of sp³-hybridized carbons (Fsp3) is 0.909. The topological polar surface area (TPSA) is 53.0 Å². The van der Waals surface area contributed by atoms with Gasteiger partial charge in [0.15, 0.2) is 0 Å². The second-order valence-corrected chi connectivity index (χ2v) is 4.30. The number of rotatable bonds is 9. The molecule has 1 N–H and O–H groups in total. The molecule has 0 aromatic heterocycles. The maximum absolute atomic E-state index is 10.7. The molecule has 0 heterocycles. The van der Waals surface area contributed by atoms with Gasteiger partial charge in [-0.25, -0.2) is 0 Å². The highest BCUT2D eigenvalue weighted by Gasteiger charge is 2.16. The predicted octanol–water partition coefficient (Wildman–Crippen LogP) is 0.360. The summed E-state index contributed by atoms with van der Waals surface area (Å²) >= 11 is 0. The fourth-order valence-corrected chi connectivity index (χ4v) is 1.43. The molecule has 1 unspecified atom stereocenters. The third-order valence-corrected chi connectivity index (χ3v) is 2.54. The van der Waals surface area contributed by atoms with Gasteiger partial charge in [0.2, 0.25) is 0 Å². The van der Waals surface area contributed by atoms with Gasteiger partial charge in [0.05, 0.1) is 6.54 Å². The minimum absolute atomic E-state index is 0.0960. The third-order valence-electron chi connectivity index (χ3n) is 2.54. The zero-order chi connectivity index (χ0) is 12.6. The average Bonchev–Trinajstić information content (AvgIpc) is 2.19. The van der Waals surface area contributed by atoms with Crippen LogP contribution in [0.3, 0.4) is 0 Å².